The molecule has 2 aliphatic rings. The smallest absolute Gasteiger partial charge is 0.264 e. The number of anilines is 3. The molecule has 2 aliphatic heterocycles. The molecule has 4 rings (SSSR count). The fourth-order valence-electron chi connectivity index (χ4n) is 3.98. The number of amides is 1. The molecule has 1 amide bonds. The predicted octanol–water partition coefficient (Wildman–Crippen LogP) is 1.82. The number of nitrogens with zero attached hydrogens (tertiary/aromatic N) is 3. The Bertz CT molecular complexity index is 1010. The molecule has 0 bridgehead atoms. The molecule has 2 aromatic carbocycles. The van der Waals surface area contributed by atoms with E-state index in [1.165, 1.54) is 21.3 Å². The normalized spacial score (nSPS) is 22.5. The number of sulfonamides is 1. The zero-order valence-corrected chi connectivity index (χ0v) is 16.6. The van der Waals surface area contributed by atoms with E-state index in [9.17, 15) is 18.3 Å². The maximum absolute atomic E-state index is 13.4. The van der Waals surface area contributed by atoms with Gasteiger partial charge >= 0.3 is 0 Å². The molecule has 0 spiro atoms. The van der Waals surface area contributed by atoms with Crippen molar-refractivity contribution in [3.8, 4) is 0 Å². The number of para-hydroxylation sites is 2. The van der Waals surface area contributed by atoms with E-state index in [1.807, 2.05) is 38.2 Å². The first-order valence-electron chi connectivity index (χ1n) is 9.25. The van der Waals surface area contributed by atoms with Gasteiger partial charge in [0, 0.05) is 32.2 Å². The maximum atomic E-state index is 13.4. The van der Waals surface area contributed by atoms with Crippen LogP contribution in [0.3, 0.4) is 0 Å². The van der Waals surface area contributed by atoms with Crippen molar-refractivity contribution in [3.63, 3.8) is 0 Å². The number of rotatable bonds is 3. The Balaban J connectivity index is 1.69. The van der Waals surface area contributed by atoms with Crippen molar-refractivity contribution in [2.75, 3.05) is 34.2 Å². The monoisotopic (exact) mass is 401 g/mol. The van der Waals surface area contributed by atoms with Crippen LogP contribution in [0.25, 0.3) is 0 Å². The summed E-state index contributed by atoms with van der Waals surface area (Å²) in [6.07, 6.45) is -0.597. The topological polar surface area (TPSA) is 81.2 Å². The van der Waals surface area contributed by atoms with Gasteiger partial charge in [-0.2, -0.15) is 0 Å². The third kappa shape index (κ3) is 2.93. The van der Waals surface area contributed by atoms with Crippen LogP contribution in [0.2, 0.25) is 0 Å². The molecule has 0 saturated carbocycles. The van der Waals surface area contributed by atoms with Gasteiger partial charge in [0.1, 0.15) is 6.10 Å². The molecule has 2 unspecified atom stereocenters. The Kier molecular flexibility index (Phi) is 4.55. The minimum atomic E-state index is -3.76. The minimum Gasteiger partial charge on any atom is -0.383 e. The third-order valence-electron chi connectivity index (χ3n) is 5.35. The lowest BCUT2D eigenvalue weighted by Gasteiger charge is -2.40. The summed E-state index contributed by atoms with van der Waals surface area (Å²) >= 11 is 0. The molecule has 148 valence electrons. The highest BCUT2D eigenvalue weighted by Crippen LogP contribution is 2.38. The van der Waals surface area contributed by atoms with Gasteiger partial charge in [0.05, 0.1) is 22.3 Å². The summed E-state index contributed by atoms with van der Waals surface area (Å²) in [7, 11) is -1.80. The second-order valence-corrected chi connectivity index (χ2v) is 9.12. The van der Waals surface area contributed by atoms with Gasteiger partial charge in [-0.15, -0.1) is 0 Å². The highest BCUT2D eigenvalue weighted by molar-refractivity contribution is 7.92. The molecule has 7 nitrogen and oxygen atoms in total. The van der Waals surface area contributed by atoms with Gasteiger partial charge in [-0.1, -0.05) is 12.1 Å². The number of aliphatic hydroxyl groups is 1. The van der Waals surface area contributed by atoms with Crippen LogP contribution in [0, 0.1) is 0 Å². The summed E-state index contributed by atoms with van der Waals surface area (Å²) in [5, 5.41) is 9.63. The Hall–Kier alpha value is -2.58. The number of hydrogen-bond acceptors (Lipinski definition) is 5. The van der Waals surface area contributed by atoms with E-state index in [0.29, 0.717) is 30.9 Å². The lowest BCUT2D eigenvalue weighted by atomic mass is 10.1. The third-order valence-corrected chi connectivity index (χ3v) is 7.29. The Morgan fingerprint density at radius 1 is 1.04 bits per heavy atom. The van der Waals surface area contributed by atoms with Gasteiger partial charge < -0.3 is 14.9 Å². The molecule has 8 heteroatoms. The van der Waals surface area contributed by atoms with E-state index in [1.54, 1.807) is 12.1 Å². The molecule has 2 atom stereocenters. The molecule has 2 heterocycles. The number of aliphatic hydroxyl groups excluding tert-OH is 1. The molecule has 28 heavy (non-hydrogen) atoms. The number of likely N-dealkylation sites (N-methyl/N-ethyl adjacent to an activating group) is 1. The molecule has 1 saturated heterocycles. The average molecular weight is 401 g/mol. The van der Waals surface area contributed by atoms with Gasteiger partial charge in [0.15, 0.2) is 0 Å². The highest BCUT2D eigenvalue weighted by Gasteiger charge is 2.36. The Morgan fingerprint density at radius 3 is 2.29 bits per heavy atom. The summed E-state index contributed by atoms with van der Waals surface area (Å²) < 4.78 is 28.3. The number of hydrogen-bond donors (Lipinski definition) is 1. The van der Waals surface area contributed by atoms with Gasteiger partial charge in [0.2, 0.25) is 0 Å². The quantitative estimate of drug-likeness (QED) is 0.849. The number of benzene rings is 2. The summed E-state index contributed by atoms with van der Waals surface area (Å²) in [5.41, 5.74) is 2.12. The second-order valence-electron chi connectivity index (χ2n) is 7.31. The van der Waals surface area contributed by atoms with Crippen LogP contribution in [0.4, 0.5) is 17.1 Å². The SMILES string of the molecule is CC1CN(C)c2ccccc2N1S(=O)(=O)c1ccc(N2CCC(O)C2=O)cc1. The van der Waals surface area contributed by atoms with Crippen LogP contribution in [0.15, 0.2) is 53.4 Å². The molecular weight excluding hydrogens is 378 g/mol. The zero-order chi connectivity index (χ0) is 20.1. The maximum Gasteiger partial charge on any atom is 0.264 e. The van der Waals surface area contributed by atoms with Crippen LogP contribution < -0.4 is 14.1 Å². The second kappa shape index (κ2) is 6.79. The van der Waals surface area contributed by atoms with Gasteiger partial charge in [-0.05, 0) is 43.3 Å². The summed E-state index contributed by atoms with van der Waals surface area (Å²) in [5.74, 6) is -0.350. The highest BCUT2D eigenvalue weighted by atomic mass is 32.2. The fraction of sp³-hybridized carbons (Fsp3) is 0.350. The Labute approximate surface area is 164 Å². The van der Waals surface area contributed by atoms with Crippen molar-refractivity contribution in [1.29, 1.82) is 0 Å². The van der Waals surface area contributed by atoms with Crippen LogP contribution in [-0.4, -0.2) is 51.7 Å². The van der Waals surface area contributed by atoms with E-state index in [0.717, 1.165) is 5.69 Å². The van der Waals surface area contributed by atoms with Crippen molar-refractivity contribution >= 4 is 33.0 Å². The largest absolute Gasteiger partial charge is 0.383 e. The standard InChI is InChI=1S/C20H23N3O4S/c1-14-13-21(2)17-5-3-4-6-18(17)23(14)28(26,27)16-9-7-15(8-10-16)22-12-11-19(24)20(22)25/h3-10,14,19,24H,11-13H2,1-2H3. The van der Waals surface area contributed by atoms with Crippen molar-refractivity contribution in [2.45, 2.75) is 30.4 Å². The minimum absolute atomic E-state index is 0.176. The molecule has 0 aromatic heterocycles. The predicted molar refractivity (Wildman–Crippen MR) is 108 cm³/mol. The zero-order valence-electron chi connectivity index (χ0n) is 15.8. The lowest BCUT2D eigenvalue weighted by Crippen LogP contribution is -2.49. The number of carbonyl (C=O) groups is 1. The van der Waals surface area contributed by atoms with Crippen LogP contribution in [0.5, 0.6) is 0 Å². The molecule has 1 fully saturated rings. The first-order chi connectivity index (χ1) is 13.3. The summed E-state index contributed by atoms with van der Waals surface area (Å²) in [4.78, 5) is 15.7. The van der Waals surface area contributed by atoms with E-state index in [2.05, 4.69) is 4.90 Å². The van der Waals surface area contributed by atoms with E-state index in [4.69, 9.17) is 0 Å². The van der Waals surface area contributed by atoms with Gasteiger partial charge in [0.25, 0.3) is 15.9 Å². The van der Waals surface area contributed by atoms with E-state index in [-0.39, 0.29) is 16.8 Å². The van der Waals surface area contributed by atoms with Crippen molar-refractivity contribution in [3.05, 3.63) is 48.5 Å². The lowest BCUT2D eigenvalue weighted by molar-refractivity contribution is -0.123. The van der Waals surface area contributed by atoms with Crippen molar-refractivity contribution < 1.29 is 18.3 Å². The average Bonchev–Trinajstić information content (AvgIpc) is 3.00. The van der Waals surface area contributed by atoms with Gasteiger partial charge in [-0.3, -0.25) is 9.10 Å². The van der Waals surface area contributed by atoms with E-state index < -0.39 is 16.1 Å². The number of carbonyl (C=O) groups excluding carboxylic acids is 1. The molecule has 2 aromatic rings. The fourth-order valence-corrected chi connectivity index (χ4v) is 5.64. The summed E-state index contributed by atoms with van der Waals surface area (Å²) in [6, 6.07) is 13.5. The van der Waals surface area contributed by atoms with Crippen LogP contribution >= 0.6 is 0 Å². The summed E-state index contributed by atoms with van der Waals surface area (Å²) in [6.45, 7) is 2.91. The molecule has 1 N–H and O–H groups in total. The Morgan fingerprint density at radius 2 is 1.68 bits per heavy atom. The number of fused-ring (bicyclic) bond motifs is 1. The van der Waals surface area contributed by atoms with Gasteiger partial charge in [-0.25, -0.2) is 8.42 Å². The van der Waals surface area contributed by atoms with Crippen LogP contribution in [0.1, 0.15) is 13.3 Å². The van der Waals surface area contributed by atoms with Crippen molar-refractivity contribution in [1.82, 2.24) is 0 Å². The van der Waals surface area contributed by atoms with Crippen molar-refractivity contribution in [2.24, 2.45) is 0 Å². The first kappa shape index (κ1) is 18.8. The molecule has 0 aliphatic carbocycles. The van der Waals surface area contributed by atoms with Crippen LogP contribution in [-0.2, 0) is 14.8 Å². The molecular formula is C20H23N3O4S. The molecule has 0 radical (unpaired) electrons. The first-order valence-corrected chi connectivity index (χ1v) is 10.7. The van der Waals surface area contributed by atoms with E-state index >= 15 is 0 Å².